The van der Waals surface area contributed by atoms with Gasteiger partial charge in [0.25, 0.3) is 0 Å². The standard InChI is InChI=1S/C13H15F2NO/c14-10-5-9(6-11(15)7-10)13(17)8-1-3-12(16)4-2-8/h5-8,12H,1-4,16H2. The van der Waals surface area contributed by atoms with Crippen molar-refractivity contribution >= 4 is 5.78 Å². The van der Waals surface area contributed by atoms with E-state index >= 15 is 0 Å². The van der Waals surface area contributed by atoms with Gasteiger partial charge >= 0.3 is 0 Å². The summed E-state index contributed by atoms with van der Waals surface area (Å²) >= 11 is 0. The first-order chi connectivity index (χ1) is 8.06. The zero-order valence-corrected chi connectivity index (χ0v) is 9.46. The van der Waals surface area contributed by atoms with Gasteiger partial charge in [-0.2, -0.15) is 0 Å². The fraction of sp³-hybridized carbons (Fsp3) is 0.462. The fourth-order valence-corrected chi connectivity index (χ4v) is 2.31. The molecule has 0 spiro atoms. The number of ketones is 1. The lowest BCUT2D eigenvalue weighted by molar-refractivity contribution is 0.0884. The lowest BCUT2D eigenvalue weighted by atomic mass is 9.82. The number of halogens is 2. The Morgan fingerprint density at radius 1 is 1.06 bits per heavy atom. The van der Waals surface area contributed by atoms with Gasteiger partial charge in [-0.3, -0.25) is 4.79 Å². The Kier molecular flexibility index (Phi) is 3.52. The predicted octanol–water partition coefficient (Wildman–Crippen LogP) is 2.67. The second-order valence-electron chi connectivity index (χ2n) is 4.63. The normalized spacial score (nSPS) is 24.6. The summed E-state index contributed by atoms with van der Waals surface area (Å²) in [5.74, 6) is -1.73. The molecule has 1 saturated carbocycles. The summed E-state index contributed by atoms with van der Waals surface area (Å²) < 4.78 is 26.0. The van der Waals surface area contributed by atoms with Crippen LogP contribution < -0.4 is 5.73 Å². The number of hydrogen-bond donors (Lipinski definition) is 1. The van der Waals surface area contributed by atoms with Crippen LogP contribution in [0.5, 0.6) is 0 Å². The Labute approximate surface area is 98.8 Å². The molecule has 2 rings (SSSR count). The first kappa shape index (κ1) is 12.2. The van der Waals surface area contributed by atoms with Crippen molar-refractivity contribution in [1.29, 1.82) is 0 Å². The minimum absolute atomic E-state index is 0.128. The van der Waals surface area contributed by atoms with E-state index in [2.05, 4.69) is 0 Å². The Hall–Kier alpha value is -1.29. The molecular formula is C13H15F2NO. The van der Waals surface area contributed by atoms with Crippen molar-refractivity contribution in [2.45, 2.75) is 31.7 Å². The molecule has 0 saturated heterocycles. The number of Topliss-reactive ketones (excluding diaryl/α,β-unsaturated/α-hetero) is 1. The predicted molar refractivity (Wildman–Crippen MR) is 60.6 cm³/mol. The Balaban J connectivity index is 2.14. The smallest absolute Gasteiger partial charge is 0.166 e. The van der Waals surface area contributed by atoms with Gasteiger partial charge in [0.1, 0.15) is 11.6 Å². The molecular weight excluding hydrogens is 224 g/mol. The first-order valence-electron chi connectivity index (χ1n) is 5.82. The van der Waals surface area contributed by atoms with Crippen molar-refractivity contribution in [1.82, 2.24) is 0 Å². The molecule has 0 atom stereocenters. The quantitative estimate of drug-likeness (QED) is 0.806. The van der Waals surface area contributed by atoms with E-state index < -0.39 is 11.6 Å². The summed E-state index contributed by atoms with van der Waals surface area (Å²) in [6.45, 7) is 0. The summed E-state index contributed by atoms with van der Waals surface area (Å²) in [6, 6.07) is 3.12. The van der Waals surface area contributed by atoms with Crippen LogP contribution in [0.2, 0.25) is 0 Å². The molecule has 0 amide bonds. The molecule has 17 heavy (non-hydrogen) atoms. The summed E-state index contributed by atoms with van der Waals surface area (Å²) in [6.07, 6.45) is 3.01. The molecule has 2 nitrogen and oxygen atoms in total. The van der Waals surface area contributed by atoms with Crippen molar-refractivity contribution in [2.24, 2.45) is 11.7 Å². The molecule has 0 aliphatic heterocycles. The molecule has 0 aromatic heterocycles. The maximum atomic E-state index is 13.0. The molecule has 0 unspecified atom stereocenters. The van der Waals surface area contributed by atoms with E-state index in [-0.39, 0.29) is 23.3 Å². The van der Waals surface area contributed by atoms with Gasteiger partial charge in [0, 0.05) is 23.6 Å². The van der Waals surface area contributed by atoms with Crippen molar-refractivity contribution in [3.05, 3.63) is 35.4 Å². The van der Waals surface area contributed by atoms with E-state index in [1.54, 1.807) is 0 Å². The zero-order chi connectivity index (χ0) is 12.4. The molecule has 0 radical (unpaired) electrons. The van der Waals surface area contributed by atoms with Gasteiger partial charge in [0.2, 0.25) is 0 Å². The van der Waals surface area contributed by atoms with Gasteiger partial charge in [0.15, 0.2) is 5.78 Å². The second kappa shape index (κ2) is 4.92. The lowest BCUT2D eigenvalue weighted by Gasteiger charge is -2.24. The fourth-order valence-electron chi connectivity index (χ4n) is 2.31. The highest BCUT2D eigenvalue weighted by atomic mass is 19.1. The molecule has 92 valence electrons. The van der Waals surface area contributed by atoms with Crippen LogP contribution in [0, 0.1) is 17.6 Å². The maximum absolute atomic E-state index is 13.0. The van der Waals surface area contributed by atoms with Gasteiger partial charge in [-0.15, -0.1) is 0 Å². The molecule has 4 heteroatoms. The lowest BCUT2D eigenvalue weighted by Crippen LogP contribution is -2.29. The summed E-state index contributed by atoms with van der Waals surface area (Å²) in [7, 11) is 0. The highest BCUT2D eigenvalue weighted by Gasteiger charge is 2.25. The third kappa shape index (κ3) is 2.88. The third-order valence-electron chi connectivity index (χ3n) is 3.29. The van der Waals surface area contributed by atoms with Crippen molar-refractivity contribution < 1.29 is 13.6 Å². The van der Waals surface area contributed by atoms with Crippen LogP contribution in [0.15, 0.2) is 18.2 Å². The van der Waals surface area contributed by atoms with Crippen LogP contribution in [0.4, 0.5) is 8.78 Å². The highest BCUT2D eigenvalue weighted by Crippen LogP contribution is 2.26. The van der Waals surface area contributed by atoms with E-state index in [9.17, 15) is 13.6 Å². The summed E-state index contributed by atoms with van der Waals surface area (Å²) in [5, 5.41) is 0. The van der Waals surface area contributed by atoms with E-state index in [0.717, 1.165) is 31.0 Å². The minimum atomic E-state index is -0.708. The largest absolute Gasteiger partial charge is 0.328 e. The molecule has 2 N–H and O–H groups in total. The maximum Gasteiger partial charge on any atom is 0.166 e. The van der Waals surface area contributed by atoms with Crippen LogP contribution in [-0.2, 0) is 0 Å². The van der Waals surface area contributed by atoms with Gasteiger partial charge in [-0.05, 0) is 37.8 Å². The highest BCUT2D eigenvalue weighted by molar-refractivity contribution is 5.97. The van der Waals surface area contributed by atoms with Gasteiger partial charge in [0.05, 0.1) is 0 Å². The molecule has 0 bridgehead atoms. The van der Waals surface area contributed by atoms with Gasteiger partial charge < -0.3 is 5.73 Å². The van der Waals surface area contributed by atoms with Gasteiger partial charge in [-0.1, -0.05) is 0 Å². The number of hydrogen-bond acceptors (Lipinski definition) is 2. The van der Waals surface area contributed by atoms with Crippen LogP contribution in [0.25, 0.3) is 0 Å². The number of nitrogens with two attached hydrogens (primary N) is 1. The SMILES string of the molecule is NC1CCC(C(=O)c2cc(F)cc(F)c2)CC1. The number of benzene rings is 1. The summed E-state index contributed by atoms with van der Waals surface area (Å²) in [5.41, 5.74) is 5.88. The van der Waals surface area contributed by atoms with E-state index in [1.807, 2.05) is 0 Å². The average Bonchev–Trinajstić information content (AvgIpc) is 2.28. The van der Waals surface area contributed by atoms with Crippen molar-refractivity contribution in [3.63, 3.8) is 0 Å². The molecule has 1 aliphatic rings. The van der Waals surface area contributed by atoms with E-state index in [1.165, 1.54) is 0 Å². The second-order valence-corrected chi connectivity index (χ2v) is 4.63. The van der Waals surface area contributed by atoms with Crippen LogP contribution in [0.1, 0.15) is 36.0 Å². The topological polar surface area (TPSA) is 43.1 Å². The molecule has 1 aromatic carbocycles. The third-order valence-corrected chi connectivity index (χ3v) is 3.29. The van der Waals surface area contributed by atoms with E-state index in [0.29, 0.717) is 12.8 Å². The van der Waals surface area contributed by atoms with Gasteiger partial charge in [-0.25, -0.2) is 8.78 Å². The van der Waals surface area contributed by atoms with Crippen LogP contribution >= 0.6 is 0 Å². The van der Waals surface area contributed by atoms with Crippen LogP contribution in [0.3, 0.4) is 0 Å². The zero-order valence-electron chi connectivity index (χ0n) is 9.46. The number of carbonyl (C=O) groups is 1. The average molecular weight is 239 g/mol. The molecule has 0 heterocycles. The Morgan fingerprint density at radius 2 is 1.59 bits per heavy atom. The van der Waals surface area contributed by atoms with Crippen molar-refractivity contribution in [3.8, 4) is 0 Å². The minimum Gasteiger partial charge on any atom is -0.328 e. The summed E-state index contributed by atoms with van der Waals surface area (Å²) in [4.78, 5) is 12.0. The number of carbonyl (C=O) groups excluding carboxylic acids is 1. The number of rotatable bonds is 2. The molecule has 1 aromatic rings. The Bertz CT molecular complexity index is 405. The van der Waals surface area contributed by atoms with Crippen LogP contribution in [-0.4, -0.2) is 11.8 Å². The van der Waals surface area contributed by atoms with Crippen molar-refractivity contribution in [2.75, 3.05) is 0 Å². The van der Waals surface area contributed by atoms with E-state index in [4.69, 9.17) is 5.73 Å². The first-order valence-corrected chi connectivity index (χ1v) is 5.82. The monoisotopic (exact) mass is 239 g/mol. The molecule has 1 aliphatic carbocycles. The Morgan fingerprint density at radius 3 is 2.12 bits per heavy atom. The molecule has 1 fully saturated rings.